The van der Waals surface area contributed by atoms with Crippen molar-refractivity contribution in [3.63, 3.8) is 0 Å². The standard InChI is InChI=1S/C50H72N4O10/c1-47-19-13-29(61-43(57)17-23-51-5)25-37(47)39(27-31-33-7-9-41(55)49(33,3)21-15-35(31)47)53-63-45(59)11-12-46(60)64-54-40-28-32-34-8-10-42(56)50(34,4)22-16-36(32)48(2)20-14-30(26-38(40)48)62-44(58)18-24-52-6/h11-12,29-38,51-52H,7-10,13-28H2,1-6H3/b12-11+,53-39-,54-40-/t29?,30?,31-,32-,33-,34-,35+,36+,37?,38?,47+,48+,49-,50-/m0/s1. The molecule has 0 radical (unpaired) electrons. The van der Waals surface area contributed by atoms with Gasteiger partial charge in [-0.2, -0.15) is 0 Å². The van der Waals surface area contributed by atoms with Gasteiger partial charge in [0.1, 0.15) is 23.8 Å². The first kappa shape index (κ1) is 46.7. The second kappa shape index (κ2) is 18.5. The molecule has 0 bridgehead atoms. The number of carbonyl (C=O) groups excluding carboxylic acids is 6. The van der Waals surface area contributed by atoms with Crippen LogP contribution < -0.4 is 10.6 Å². The summed E-state index contributed by atoms with van der Waals surface area (Å²) in [7, 11) is 3.60. The van der Waals surface area contributed by atoms with E-state index in [9.17, 15) is 28.8 Å². The van der Waals surface area contributed by atoms with Gasteiger partial charge in [0, 0.05) is 60.7 Å². The van der Waals surface area contributed by atoms with E-state index in [4.69, 9.17) is 19.1 Å². The molecule has 0 aromatic heterocycles. The van der Waals surface area contributed by atoms with Crippen LogP contribution in [0, 0.1) is 69.0 Å². The molecule has 14 heteroatoms. The molecule has 0 amide bonds. The maximum atomic E-state index is 13.3. The Morgan fingerprint density at radius 3 is 1.39 bits per heavy atom. The molecular formula is C50H72N4O10. The third-order valence-corrected chi connectivity index (χ3v) is 18.9. The summed E-state index contributed by atoms with van der Waals surface area (Å²) in [5, 5.41) is 15.1. The number of fused-ring (bicyclic) bond motifs is 10. The third kappa shape index (κ3) is 8.56. The number of hydrogen-bond donors (Lipinski definition) is 2. The fourth-order valence-electron chi connectivity index (χ4n) is 15.4. The lowest BCUT2D eigenvalue weighted by Crippen LogP contribution is -2.57. The molecule has 352 valence electrons. The molecule has 0 aromatic rings. The summed E-state index contributed by atoms with van der Waals surface area (Å²) in [5.74, 6) is 0.0766. The van der Waals surface area contributed by atoms with Gasteiger partial charge < -0.3 is 29.8 Å². The van der Waals surface area contributed by atoms with E-state index in [1.165, 1.54) is 0 Å². The summed E-state index contributed by atoms with van der Waals surface area (Å²) in [4.78, 5) is 89.4. The highest BCUT2D eigenvalue weighted by atomic mass is 16.7. The van der Waals surface area contributed by atoms with E-state index in [1.807, 2.05) is 0 Å². The predicted molar refractivity (Wildman–Crippen MR) is 237 cm³/mol. The van der Waals surface area contributed by atoms with E-state index in [-0.39, 0.29) is 94.2 Å². The van der Waals surface area contributed by atoms with Gasteiger partial charge >= 0.3 is 23.9 Å². The maximum absolute atomic E-state index is 13.3. The molecule has 14 nitrogen and oxygen atoms in total. The summed E-state index contributed by atoms with van der Waals surface area (Å²) in [6.45, 7) is 9.95. The van der Waals surface area contributed by atoms with Crippen LogP contribution in [0.1, 0.15) is 143 Å². The molecule has 8 rings (SSSR count). The number of ketones is 2. The average molecular weight is 889 g/mol. The highest BCUT2D eigenvalue weighted by Crippen LogP contribution is 2.67. The van der Waals surface area contributed by atoms with Crippen LogP contribution in [-0.4, -0.2) is 86.3 Å². The van der Waals surface area contributed by atoms with Gasteiger partial charge in [-0.15, -0.1) is 0 Å². The van der Waals surface area contributed by atoms with Gasteiger partial charge in [0.25, 0.3) is 0 Å². The number of oxime groups is 2. The smallest absolute Gasteiger partial charge is 0.358 e. The number of Topliss-reactive ketones (excluding diaryl/α,β-unsaturated/α-hetero) is 2. The van der Waals surface area contributed by atoms with Crippen LogP contribution in [0.25, 0.3) is 0 Å². The van der Waals surface area contributed by atoms with Crippen LogP contribution >= 0.6 is 0 Å². The fourth-order valence-corrected chi connectivity index (χ4v) is 15.4. The normalized spacial score (nSPS) is 42.5. The molecule has 8 aliphatic carbocycles. The minimum Gasteiger partial charge on any atom is -0.462 e. The van der Waals surface area contributed by atoms with Crippen molar-refractivity contribution in [1.82, 2.24) is 10.6 Å². The molecule has 0 aliphatic heterocycles. The summed E-state index contributed by atoms with van der Waals surface area (Å²) in [6.07, 6.45) is 14.2. The first-order chi connectivity index (χ1) is 30.5. The minimum atomic E-state index is -0.827. The Bertz CT molecular complexity index is 1830. The Morgan fingerprint density at radius 1 is 0.594 bits per heavy atom. The largest absolute Gasteiger partial charge is 0.462 e. The Labute approximate surface area is 378 Å². The van der Waals surface area contributed by atoms with E-state index < -0.39 is 11.9 Å². The molecule has 0 aromatic carbocycles. The Balaban J connectivity index is 0.976. The van der Waals surface area contributed by atoms with Crippen molar-refractivity contribution in [3.8, 4) is 0 Å². The molecule has 64 heavy (non-hydrogen) atoms. The second-order valence-corrected chi connectivity index (χ2v) is 21.9. The molecule has 14 atom stereocenters. The van der Waals surface area contributed by atoms with Gasteiger partial charge in [-0.3, -0.25) is 19.2 Å². The van der Waals surface area contributed by atoms with Crippen LogP contribution in [0.3, 0.4) is 0 Å². The average Bonchev–Trinajstić information content (AvgIpc) is 3.75. The van der Waals surface area contributed by atoms with Crippen molar-refractivity contribution in [3.05, 3.63) is 12.2 Å². The molecule has 4 unspecified atom stereocenters. The summed E-state index contributed by atoms with van der Waals surface area (Å²) >= 11 is 0. The lowest BCUT2D eigenvalue weighted by Gasteiger charge is -2.60. The van der Waals surface area contributed by atoms with Crippen molar-refractivity contribution in [1.29, 1.82) is 0 Å². The number of nitrogens with zero attached hydrogens (tertiary/aromatic N) is 2. The first-order valence-corrected chi connectivity index (χ1v) is 24.5. The van der Waals surface area contributed by atoms with Gasteiger partial charge in [0.2, 0.25) is 0 Å². The monoisotopic (exact) mass is 889 g/mol. The molecule has 8 saturated carbocycles. The van der Waals surface area contributed by atoms with Crippen LogP contribution in [-0.2, 0) is 47.9 Å². The van der Waals surface area contributed by atoms with Crippen molar-refractivity contribution in [2.45, 2.75) is 155 Å². The fraction of sp³-hybridized carbons (Fsp3) is 0.800. The van der Waals surface area contributed by atoms with Crippen LogP contribution in [0.15, 0.2) is 22.5 Å². The Kier molecular flexibility index (Phi) is 13.5. The van der Waals surface area contributed by atoms with Crippen molar-refractivity contribution in [2.75, 3.05) is 27.2 Å². The van der Waals surface area contributed by atoms with E-state index in [2.05, 4.69) is 48.6 Å². The number of carbonyl (C=O) groups is 6. The molecule has 8 aliphatic rings. The predicted octanol–water partition coefficient (Wildman–Crippen LogP) is 6.83. The third-order valence-electron chi connectivity index (χ3n) is 18.9. The van der Waals surface area contributed by atoms with E-state index in [1.54, 1.807) is 14.1 Å². The van der Waals surface area contributed by atoms with Crippen molar-refractivity contribution in [2.24, 2.45) is 79.3 Å². The first-order valence-electron chi connectivity index (χ1n) is 24.5. The van der Waals surface area contributed by atoms with Crippen LogP contribution in [0.2, 0.25) is 0 Å². The number of ether oxygens (including phenoxy) is 2. The molecule has 2 N–H and O–H groups in total. The second-order valence-electron chi connectivity index (χ2n) is 21.9. The van der Waals surface area contributed by atoms with E-state index in [0.717, 1.165) is 87.8 Å². The lowest BCUT2D eigenvalue weighted by atomic mass is 9.44. The maximum Gasteiger partial charge on any atom is 0.358 e. The van der Waals surface area contributed by atoms with Gasteiger partial charge in [0.15, 0.2) is 0 Å². The quantitative estimate of drug-likeness (QED) is 0.0902. The highest BCUT2D eigenvalue weighted by Gasteiger charge is 2.64. The SMILES string of the molecule is CNCCC(=O)OC1CC[C@@]2(C)C(C1)/C(=N\OC(=O)/C=C/C(=O)O/N=C1/C[C@@H]3[C@@H](CC[C@]4(C)C(=O)CC[C@@H]34)[C@@]3(C)CCC(OC(=O)CCNC)CC13)C[C@@H]1[C@H]2CC[C@]2(C)C(=O)CC[C@@H]12. The molecule has 0 spiro atoms. The van der Waals surface area contributed by atoms with Gasteiger partial charge in [-0.1, -0.05) is 38.0 Å². The van der Waals surface area contributed by atoms with Gasteiger partial charge in [0.05, 0.1) is 24.3 Å². The minimum absolute atomic E-state index is 0.0787. The summed E-state index contributed by atoms with van der Waals surface area (Å²) < 4.78 is 11.9. The van der Waals surface area contributed by atoms with Gasteiger partial charge in [-0.05, 0) is 150 Å². The number of nitrogens with one attached hydrogen (secondary N) is 2. The van der Waals surface area contributed by atoms with E-state index >= 15 is 0 Å². The molecule has 8 fully saturated rings. The number of hydrogen-bond acceptors (Lipinski definition) is 14. The zero-order valence-corrected chi connectivity index (χ0v) is 39.0. The molecule has 0 heterocycles. The van der Waals surface area contributed by atoms with Gasteiger partial charge in [-0.25, -0.2) is 9.59 Å². The molecule has 0 saturated heterocycles. The van der Waals surface area contributed by atoms with Crippen molar-refractivity contribution >= 4 is 46.9 Å². The lowest BCUT2D eigenvalue weighted by molar-refractivity contribution is -0.157. The van der Waals surface area contributed by atoms with Crippen molar-refractivity contribution < 1.29 is 47.9 Å². The zero-order chi connectivity index (χ0) is 45.6. The highest BCUT2D eigenvalue weighted by molar-refractivity contribution is 5.95. The topological polar surface area (TPSA) is 188 Å². The van der Waals surface area contributed by atoms with E-state index in [0.29, 0.717) is 75.0 Å². The number of rotatable bonds is 12. The summed E-state index contributed by atoms with van der Waals surface area (Å²) in [6, 6.07) is 0. The number of esters is 2. The Morgan fingerprint density at radius 2 is 1.00 bits per heavy atom. The van der Waals surface area contributed by atoms with Crippen LogP contribution in [0.5, 0.6) is 0 Å². The summed E-state index contributed by atoms with van der Waals surface area (Å²) in [5.41, 5.74) is 0.470. The zero-order valence-electron chi connectivity index (χ0n) is 39.0. The van der Waals surface area contributed by atoms with Crippen LogP contribution in [0.4, 0.5) is 0 Å². The Hall–Kier alpha value is -3.78. The molecular weight excluding hydrogens is 817 g/mol.